The van der Waals surface area contributed by atoms with Crippen LogP contribution < -0.4 is 14.9 Å². The van der Waals surface area contributed by atoms with Crippen molar-refractivity contribution in [1.82, 2.24) is 5.32 Å². The number of carbonyl (C=O) groups excluding carboxylic acids is 2. The van der Waals surface area contributed by atoms with E-state index in [0.717, 1.165) is 10.6 Å². The van der Waals surface area contributed by atoms with E-state index < -0.39 is 10.0 Å². The van der Waals surface area contributed by atoms with E-state index in [4.69, 9.17) is 0 Å². The molecule has 2 amide bonds. The molecule has 7 nitrogen and oxygen atoms in total. The lowest BCUT2D eigenvalue weighted by Crippen LogP contribution is -2.25. The van der Waals surface area contributed by atoms with Crippen LogP contribution in [0.1, 0.15) is 33.2 Å². The first-order valence-electron chi connectivity index (χ1n) is 8.38. The van der Waals surface area contributed by atoms with Crippen LogP contribution in [0.15, 0.2) is 42.5 Å². The first kappa shape index (κ1) is 20.4. The zero-order chi connectivity index (χ0) is 20.2. The summed E-state index contributed by atoms with van der Waals surface area (Å²) in [6, 6.07) is 11.4. The molecule has 0 unspecified atom stereocenters. The average Bonchev–Trinajstić information content (AvgIpc) is 2.62. The molecule has 0 radical (unpaired) electrons. The Balaban J connectivity index is 2.21. The quantitative estimate of drug-likeness (QED) is 0.793. The summed E-state index contributed by atoms with van der Waals surface area (Å²) in [5, 5.41) is 5.53. The molecule has 0 aromatic heterocycles. The van der Waals surface area contributed by atoms with Gasteiger partial charge in [-0.05, 0) is 55.8 Å². The first-order chi connectivity index (χ1) is 12.6. The Labute approximate surface area is 159 Å². The smallest absolute Gasteiger partial charge is 0.255 e. The van der Waals surface area contributed by atoms with E-state index in [1.165, 1.54) is 7.05 Å². The highest BCUT2D eigenvalue weighted by Crippen LogP contribution is 2.21. The minimum absolute atomic E-state index is 0.195. The highest BCUT2D eigenvalue weighted by atomic mass is 32.2. The highest BCUT2D eigenvalue weighted by molar-refractivity contribution is 7.92. The number of hydrogen-bond acceptors (Lipinski definition) is 4. The average molecular weight is 389 g/mol. The second-order valence-electron chi connectivity index (χ2n) is 6.07. The summed E-state index contributed by atoms with van der Waals surface area (Å²) in [6.07, 6.45) is 1.11. The Morgan fingerprint density at radius 1 is 1.04 bits per heavy atom. The maximum absolute atomic E-state index is 12.5. The summed E-state index contributed by atoms with van der Waals surface area (Å²) in [5.41, 5.74) is 2.55. The molecule has 2 aromatic carbocycles. The molecule has 0 saturated heterocycles. The molecule has 2 N–H and O–H groups in total. The van der Waals surface area contributed by atoms with Gasteiger partial charge in [0.2, 0.25) is 10.0 Å². The van der Waals surface area contributed by atoms with Crippen molar-refractivity contribution in [2.75, 3.05) is 29.5 Å². The van der Waals surface area contributed by atoms with Gasteiger partial charge < -0.3 is 10.6 Å². The number of anilines is 2. The molecule has 0 aliphatic carbocycles. The third-order valence-electron chi connectivity index (χ3n) is 4.15. The van der Waals surface area contributed by atoms with Crippen LogP contribution in [-0.4, -0.2) is 40.1 Å². The lowest BCUT2D eigenvalue weighted by atomic mass is 10.1. The molecule has 8 heteroatoms. The number of nitrogens with zero attached hydrogens (tertiary/aromatic N) is 1. The zero-order valence-electron chi connectivity index (χ0n) is 15.7. The third kappa shape index (κ3) is 4.85. The van der Waals surface area contributed by atoms with Crippen molar-refractivity contribution in [1.29, 1.82) is 0 Å². The Bertz CT molecular complexity index is 953. The lowest BCUT2D eigenvalue weighted by Gasteiger charge is -2.17. The fourth-order valence-corrected chi connectivity index (χ4v) is 2.99. The van der Waals surface area contributed by atoms with Crippen LogP contribution in [-0.2, 0) is 10.0 Å². The van der Waals surface area contributed by atoms with Crippen LogP contribution in [0.2, 0.25) is 0 Å². The molecule has 2 aromatic rings. The van der Waals surface area contributed by atoms with E-state index in [2.05, 4.69) is 10.6 Å². The van der Waals surface area contributed by atoms with E-state index in [1.807, 2.05) is 6.92 Å². The molecule has 0 bridgehead atoms. The van der Waals surface area contributed by atoms with Crippen molar-refractivity contribution in [3.05, 3.63) is 59.2 Å². The number of hydrogen-bond donors (Lipinski definition) is 2. The molecule has 0 aliphatic heterocycles. The topological polar surface area (TPSA) is 95.6 Å². The highest BCUT2D eigenvalue weighted by Gasteiger charge is 2.15. The fraction of sp³-hybridized carbons (Fsp3) is 0.263. The van der Waals surface area contributed by atoms with E-state index >= 15 is 0 Å². The van der Waals surface area contributed by atoms with Crippen LogP contribution in [0, 0.1) is 6.92 Å². The largest absolute Gasteiger partial charge is 0.352 e. The van der Waals surface area contributed by atoms with Gasteiger partial charge in [0.1, 0.15) is 0 Å². The van der Waals surface area contributed by atoms with Gasteiger partial charge in [-0.3, -0.25) is 13.9 Å². The second-order valence-corrected chi connectivity index (χ2v) is 8.08. The summed E-state index contributed by atoms with van der Waals surface area (Å²) in [6.45, 7) is 4.12. The van der Waals surface area contributed by atoms with Gasteiger partial charge in [0.05, 0.1) is 11.9 Å². The van der Waals surface area contributed by atoms with Crippen LogP contribution in [0.25, 0.3) is 0 Å². The van der Waals surface area contributed by atoms with E-state index in [9.17, 15) is 18.0 Å². The van der Waals surface area contributed by atoms with Gasteiger partial charge in [0.15, 0.2) is 0 Å². The maximum Gasteiger partial charge on any atom is 0.255 e. The number of rotatable bonds is 6. The van der Waals surface area contributed by atoms with Gasteiger partial charge in [-0.15, -0.1) is 0 Å². The van der Waals surface area contributed by atoms with Crippen LogP contribution in [0.5, 0.6) is 0 Å². The SMILES string of the molecule is CCNC(=O)c1cccc(NC(=O)c2ccc(N(C)S(C)(=O)=O)cc2)c1C. The fourth-order valence-electron chi connectivity index (χ4n) is 2.48. The van der Waals surface area contributed by atoms with Crippen LogP contribution in [0.4, 0.5) is 11.4 Å². The van der Waals surface area contributed by atoms with Gasteiger partial charge in [-0.1, -0.05) is 6.07 Å². The van der Waals surface area contributed by atoms with Gasteiger partial charge in [-0.2, -0.15) is 0 Å². The predicted molar refractivity (Wildman–Crippen MR) is 107 cm³/mol. The van der Waals surface area contributed by atoms with E-state index in [0.29, 0.717) is 34.6 Å². The molecule has 0 heterocycles. The normalized spacial score (nSPS) is 11.0. The van der Waals surface area contributed by atoms with Crippen LogP contribution >= 0.6 is 0 Å². The Morgan fingerprint density at radius 2 is 1.67 bits per heavy atom. The van der Waals surface area contributed by atoms with Crippen molar-refractivity contribution in [3.63, 3.8) is 0 Å². The monoisotopic (exact) mass is 389 g/mol. The second kappa shape index (κ2) is 8.22. The summed E-state index contributed by atoms with van der Waals surface area (Å²) >= 11 is 0. The van der Waals surface area contributed by atoms with Gasteiger partial charge in [0, 0.05) is 30.4 Å². The van der Waals surface area contributed by atoms with Crippen LogP contribution in [0.3, 0.4) is 0 Å². The Kier molecular flexibility index (Phi) is 6.22. The first-order valence-corrected chi connectivity index (χ1v) is 10.2. The van der Waals surface area contributed by atoms with E-state index in [1.54, 1.807) is 49.4 Å². The predicted octanol–water partition coefficient (Wildman–Crippen LogP) is 2.39. The minimum Gasteiger partial charge on any atom is -0.352 e. The number of carbonyl (C=O) groups is 2. The summed E-state index contributed by atoms with van der Waals surface area (Å²) in [4.78, 5) is 24.6. The molecule has 0 aliphatic rings. The van der Waals surface area contributed by atoms with Gasteiger partial charge in [-0.25, -0.2) is 8.42 Å². The molecular weight excluding hydrogens is 366 g/mol. The standard InChI is InChI=1S/C19H23N3O4S/c1-5-20-19(24)16-7-6-8-17(13(16)2)21-18(23)14-9-11-15(12-10-14)22(3)27(4,25)26/h6-12H,5H2,1-4H3,(H,20,24)(H,21,23). The molecule has 144 valence electrons. The molecule has 0 atom stereocenters. The molecule has 27 heavy (non-hydrogen) atoms. The Hall–Kier alpha value is -2.87. The maximum atomic E-state index is 12.5. The van der Waals surface area contributed by atoms with Gasteiger partial charge in [0.25, 0.3) is 11.8 Å². The third-order valence-corrected chi connectivity index (χ3v) is 5.36. The van der Waals surface area contributed by atoms with Crippen molar-refractivity contribution >= 4 is 33.2 Å². The molecule has 0 fully saturated rings. The van der Waals surface area contributed by atoms with Gasteiger partial charge >= 0.3 is 0 Å². The molecule has 0 saturated carbocycles. The summed E-state index contributed by atoms with van der Waals surface area (Å²) in [7, 11) is -1.92. The summed E-state index contributed by atoms with van der Waals surface area (Å²) < 4.78 is 24.3. The summed E-state index contributed by atoms with van der Waals surface area (Å²) in [5.74, 6) is -0.543. The number of benzene rings is 2. The molecule has 0 spiro atoms. The van der Waals surface area contributed by atoms with Crippen molar-refractivity contribution in [2.24, 2.45) is 0 Å². The van der Waals surface area contributed by atoms with E-state index in [-0.39, 0.29) is 11.8 Å². The Morgan fingerprint density at radius 3 is 2.22 bits per heavy atom. The number of amides is 2. The number of nitrogens with one attached hydrogen (secondary N) is 2. The lowest BCUT2D eigenvalue weighted by molar-refractivity contribution is 0.0953. The minimum atomic E-state index is -3.37. The molecular formula is C19H23N3O4S. The van der Waals surface area contributed by atoms with Crippen molar-refractivity contribution in [2.45, 2.75) is 13.8 Å². The van der Waals surface area contributed by atoms with Crippen molar-refractivity contribution in [3.8, 4) is 0 Å². The van der Waals surface area contributed by atoms with Crippen molar-refractivity contribution < 1.29 is 18.0 Å². The number of sulfonamides is 1. The zero-order valence-corrected chi connectivity index (χ0v) is 16.6. The molecule has 2 rings (SSSR count).